The van der Waals surface area contributed by atoms with E-state index >= 15 is 0 Å². The zero-order valence-electron chi connectivity index (χ0n) is 16.9. The normalized spacial score (nSPS) is 14.6. The summed E-state index contributed by atoms with van der Waals surface area (Å²) in [5.74, 6) is -0.0963. The second kappa shape index (κ2) is 10.9. The van der Waals surface area contributed by atoms with Crippen LogP contribution in [0.3, 0.4) is 0 Å². The molecule has 0 unspecified atom stereocenters. The maximum absolute atomic E-state index is 12.9. The third-order valence-corrected chi connectivity index (χ3v) is 5.92. The minimum absolute atomic E-state index is 0.200. The van der Waals surface area contributed by atoms with Crippen LogP contribution in [0, 0.1) is 0 Å². The quantitative estimate of drug-likeness (QED) is 0.288. The Kier molecular flexibility index (Phi) is 8.20. The maximum atomic E-state index is 12.9. The van der Waals surface area contributed by atoms with Gasteiger partial charge < -0.3 is 9.47 Å². The molecule has 10 heteroatoms. The van der Waals surface area contributed by atoms with Gasteiger partial charge in [0, 0.05) is 10.6 Å². The van der Waals surface area contributed by atoms with Crippen molar-refractivity contribution in [2.45, 2.75) is 6.92 Å². The van der Waals surface area contributed by atoms with Gasteiger partial charge >= 0.3 is 0 Å². The molecule has 1 saturated heterocycles. The predicted molar refractivity (Wildman–Crippen MR) is 132 cm³/mol. The van der Waals surface area contributed by atoms with Crippen molar-refractivity contribution in [3.63, 3.8) is 0 Å². The molecule has 1 fully saturated rings. The van der Waals surface area contributed by atoms with Gasteiger partial charge in [0.15, 0.2) is 15.8 Å². The molecule has 0 radical (unpaired) electrons. The fourth-order valence-corrected chi connectivity index (χ4v) is 4.28. The average molecular weight is 509 g/mol. The van der Waals surface area contributed by atoms with Gasteiger partial charge in [-0.15, -0.1) is 0 Å². The molecule has 1 heterocycles. The molecule has 0 spiro atoms. The molecule has 0 bridgehead atoms. The molecular weight excluding hydrogens is 491 g/mol. The van der Waals surface area contributed by atoms with E-state index < -0.39 is 11.8 Å². The Morgan fingerprint density at radius 1 is 1.25 bits per heavy atom. The fourth-order valence-electron chi connectivity index (χ4n) is 2.70. The summed E-state index contributed by atoms with van der Waals surface area (Å²) in [7, 11) is 0. The van der Waals surface area contributed by atoms with Crippen LogP contribution in [-0.2, 0) is 4.79 Å². The highest BCUT2D eigenvalue weighted by atomic mass is 35.5. The van der Waals surface area contributed by atoms with Crippen LogP contribution < -0.4 is 14.9 Å². The van der Waals surface area contributed by atoms with E-state index in [-0.39, 0.29) is 10.9 Å². The minimum atomic E-state index is -0.482. The topological polar surface area (TPSA) is 67.9 Å². The van der Waals surface area contributed by atoms with Gasteiger partial charge in [0.25, 0.3) is 11.8 Å². The van der Waals surface area contributed by atoms with E-state index in [1.54, 1.807) is 48.6 Å². The van der Waals surface area contributed by atoms with Crippen molar-refractivity contribution in [2.75, 3.05) is 13.2 Å². The third-order valence-electron chi connectivity index (χ3n) is 4.09. The van der Waals surface area contributed by atoms with Crippen LogP contribution in [0.4, 0.5) is 0 Å². The van der Waals surface area contributed by atoms with Gasteiger partial charge in [0.2, 0.25) is 0 Å². The maximum Gasteiger partial charge on any atom is 0.285 e. The Balaban J connectivity index is 1.82. The van der Waals surface area contributed by atoms with Gasteiger partial charge in [-0.3, -0.25) is 15.0 Å². The zero-order chi connectivity index (χ0) is 23.3. The Morgan fingerprint density at radius 3 is 2.62 bits per heavy atom. The zero-order valence-corrected chi connectivity index (χ0v) is 20.0. The number of halogens is 2. The molecule has 1 N–H and O–H groups in total. The van der Waals surface area contributed by atoms with Crippen LogP contribution in [0.2, 0.25) is 10.0 Å². The lowest BCUT2D eigenvalue weighted by Crippen LogP contribution is -2.44. The van der Waals surface area contributed by atoms with E-state index in [9.17, 15) is 9.59 Å². The molecular formula is C22H18Cl2N2O4S2. The minimum Gasteiger partial charge on any atom is -0.490 e. The van der Waals surface area contributed by atoms with E-state index in [1.807, 2.05) is 6.92 Å². The number of thiocarbonyl (C=S) groups is 1. The number of rotatable bonds is 8. The molecule has 32 heavy (non-hydrogen) atoms. The van der Waals surface area contributed by atoms with Gasteiger partial charge in [-0.25, -0.2) is 0 Å². The highest BCUT2D eigenvalue weighted by molar-refractivity contribution is 8.26. The number of hydrazine groups is 1. The van der Waals surface area contributed by atoms with E-state index in [1.165, 1.54) is 0 Å². The molecule has 6 nitrogen and oxygen atoms in total. The molecule has 2 amide bonds. The second-order valence-corrected chi connectivity index (χ2v) is 8.85. The first-order valence-corrected chi connectivity index (χ1v) is 11.4. The van der Waals surface area contributed by atoms with Crippen molar-refractivity contribution in [3.05, 3.63) is 75.1 Å². The number of thioether (sulfide) groups is 1. The van der Waals surface area contributed by atoms with Crippen molar-refractivity contribution in [2.24, 2.45) is 0 Å². The molecule has 0 aliphatic carbocycles. The van der Waals surface area contributed by atoms with E-state index in [4.69, 9.17) is 44.9 Å². The van der Waals surface area contributed by atoms with Crippen molar-refractivity contribution >= 4 is 69.4 Å². The lowest BCUT2D eigenvalue weighted by Gasteiger charge is -2.15. The van der Waals surface area contributed by atoms with Crippen LogP contribution in [0.25, 0.3) is 6.08 Å². The number of benzene rings is 2. The smallest absolute Gasteiger partial charge is 0.285 e. The summed E-state index contributed by atoms with van der Waals surface area (Å²) in [5, 5.41) is 1.87. The third kappa shape index (κ3) is 5.63. The Bertz CT molecular complexity index is 1100. The summed E-state index contributed by atoms with van der Waals surface area (Å²) in [4.78, 5) is 25.6. The number of nitrogens with one attached hydrogen (secondary N) is 1. The summed E-state index contributed by atoms with van der Waals surface area (Å²) < 4.78 is 11.4. The van der Waals surface area contributed by atoms with Crippen LogP contribution in [0.15, 0.2) is 54.0 Å². The van der Waals surface area contributed by atoms with Crippen LogP contribution in [0.5, 0.6) is 11.5 Å². The first-order valence-electron chi connectivity index (χ1n) is 9.38. The van der Waals surface area contributed by atoms with Gasteiger partial charge in [-0.1, -0.05) is 47.6 Å². The summed E-state index contributed by atoms with van der Waals surface area (Å²) in [6.07, 6.45) is 3.23. The number of carbonyl (C=O) groups is 2. The van der Waals surface area contributed by atoms with Crippen LogP contribution in [0.1, 0.15) is 22.8 Å². The summed E-state index contributed by atoms with van der Waals surface area (Å²) in [6.45, 7) is 6.14. The standard InChI is InChI=1S/C22H18Cl2N2O4S2/c1-3-9-30-19-16(24)10-13(11-17(19)29-4-2)12-18-21(28)26(22(31)32-18)25-20(27)14-5-7-15(23)8-6-14/h3,5-8,10-12H,1,4,9H2,2H3,(H,25,27)/b18-12+. The molecule has 0 saturated carbocycles. The molecule has 2 aromatic rings. The van der Waals surface area contributed by atoms with Gasteiger partial charge in [-0.2, -0.15) is 5.01 Å². The summed E-state index contributed by atoms with van der Waals surface area (Å²) in [6, 6.07) is 9.65. The predicted octanol–water partition coefficient (Wildman–Crippen LogP) is 5.50. The number of amides is 2. The first kappa shape index (κ1) is 24.1. The molecule has 0 aromatic heterocycles. The number of carbonyl (C=O) groups excluding carboxylic acids is 2. The van der Waals surface area contributed by atoms with Gasteiger partial charge in [-0.05, 0) is 67.2 Å². The monoisotopic (exact) mass is 508 g/mol. The number of hydrogen-bond donors (Lipinski definition) is 1. The van der Waals surface area contributed by atoms with E-state index in [0.29, 0.717) is 44.2 Å². The molecule has 166 valence electrons. The summed E-state index contributed by atoms with van der Waals surface area (Å²) >= 11 is 18.6. The summed E-state index contributed by atoms with van der Waals surface area (Å²) in [5.41, 5.74) is 3.49. The average Bonchev–Trinajstić information content (AvgIpc) is 3.01. The Hall–Kier alpha value is -2.52. The van der Waals surface area contributed by atoms with Crippen LogP contribution >= 0.6 is 47.2 Å². The number of ether oxygens (including phenoxy) is 2. The van der Waals surface area contributed by atoms with Crippen molar-refractivity contribution in [1.82, 2.24) is 10.4 Å². The highest BCUT2D eigenvalue weighted by Crippen LogP contribution is 2.39. The number of hydrogen-bond acceptors (Lipinski definition) is 6. The Labute approximate surface area is 205 Å². The lowest BCUT2D eigenvalue weighted by molar-refractivity contribution is -0.123. The van der Waals surface area contributed by atoms with E-state index in [2.05, 4.69) is 12.0 Å². The lowest BCUT2D eigenvalue weighted by atomic mass is 10.1. The largest absolute Gasteiger partial charge is 0.490 e. The van der Waals surface area contributed by atoms with Crippen molar-refractivity contribution < 1.29 is 19.1 Å². The first-order chi connectivity index (χ1) is 15.3. The van der Waals surface area contributed by atoms with Gasteiger partial charge in [0.1, 0.15) is 6.61 Å². The molecule has 3 rings (SSSR count). The fraction of sp³-hybridized carbons (Fsp3) is 0.136. The molecule has 0 atom stereocenters. The second-order valence-electron chi connectivity index (χ2n) is 6.33. The van der Waals surface area contributed by atoms with Crippen molar-refractivity contribution in [3.8, 4) is 11.5 Å². The Morgan fingerprint density at radius 2 is 1.97 bits per heavy atom. The molecule has 1 aliphatic heterocycles. The SMILES string of the molecule is C=CCOc1c(Cl)cc(/C=C2/SC(=S)N(NC(=O)c3ccc(Cl)cc3)C2=O)cc1OCC. The van der Waals surface area contributed by atoms with Crippen LogP contribution in [-0.4, -0.2) is 34.4 Å². The highest BCUT2D eigenvalue weighted by Gasteiger charge is 2.34. The van der Waals surface area contributed by atoms with E-state index in [0.717, 1.165) is 16.8 Å². The molecule has 2 aromatic carbocycles. The number of nitrogens with zero attached hydrogens (tertiary/aromatic N) is 1. The van der Waals surface area contributed by atoms with Crippen molar-refractivity contribution in [1.29, 1.82) is 0 Å². The molecule has 1 aliphatic rings. The van der Waals surface area contributed by atoms with Gasteiger partial charge in [0.05, 0.1) is 16.5 Å².